The van der Waals surface area contributed by atoms with Gasteiger partial charge in [0.2, 0.25) is 35.4 Å². The first-order valence-electron chi connectivity index (χ1n) is 17.3. The summed E-state index contributed by atoms with van der Waals surface area (Å²) in [5, 5.41) is 24.7. The van der Waals surface area contributed by atoms with Crippen molar-refractivity contribution in [1.82, 2.24) is 31.5 Å². The van der Waals surface area contributed by atoms with E-state index >= 15 is 0 Å². The number of benzene rings is 1. The molecule has 17 heteroatoms. The lowest BCUT2D eigenvalue weighted by atomic mass is 9.96. The summed E-state index contributed by atoms with van der Waals surface area (Å²) in [7, 11) is 0. The Hall–Kier alpha value is -4.77. The summed E-state index contributed by atoms with van der Waals surface area (Å²) in [5.74, 6) is -4.74. The number of nitrogens with one attached hydrogen (secondary N) is 5. The molecular weight excluding hydrogens is 664 g/mol. The highest BCUT2D eigenvalue weighted by molar-refractivity contribution is 5.94. The molecule has 51 heavy (non-hydrogen) atoms. The van der Waals surface area contributed by atoms with Crippen molar-refractivity contribution in [1.29, 1.82) is 0 Å². The molecule has 0 radical (unpaired) electrons. The lowest BCUT2D eigenvalue weighted by molar-refractivity contribution is -0.134. The second-order valence-corrected chi connectivity index (χ2v) is 13.5. The van der Waals surface area contributed by atoms with Gasteiger partial charge in [0, 0.05) is 6.54 Å². The van der Waals surface area contributed by atoms with Crippen molar-refractivity contribution in [3.63, 3.8) is 0 Å². The SMILES string of the molecule is CC[C@H](C)C(NC(=O)[C@@H]1CCCN1C[C@@H](O)[C@@H]1Cc2ccc(cc2)OCC(=O)NCC(=O)N[C@@H](CC(N)=O)C(=O)N1)C(=O)N[C@H](C(N)=O)C(C)C. The van der Waals surface area contributed by atoms with Crippen LogP contribution in [0.3, 0.4) is 0 Å². The van der Waals surface area contributed by atoms with Crippen LogP contribution >= 0.6 is 0 Å². The second-order valence-electron chi connectivity index (χ2n) is 13.5. The fourth-order valence-corrected chi connectivity index (χ4v) is 6.05. The molecule has 4 rings (SSSR count). The number of hydrogen-bond donors (Lipinski definition) is 8. The predicted molar refractivity (Wildman–Crippen MR) is 184 cm³/mol. The molecule has 0 saturated carbocycles. The lowest BCUT2D eigenvalue weighted by Crippen LogP contribution is -2.59. The summed E-state index contributed by atoms with van der Waals surface area (Å²) in [5.41, 5.74) is 11.5. The standard InChI is InChI=1S/C34H52N8O9/c1-5-19(4)30(34(50)40-29(18(2)3)31(36)47)41-33(49)24-7-6-12-42(24)16-25(43)22-13-20-8-10-21(11-9-20)51-17-28(46)37-15-27(45)38-23(14-26(35)44)32(48)39-22/h8-11,18-19,22-25,29-30,43H,5-7,12-17H2,1-4H3,(H2,35,44)(H2,36,47)(H,37,46)(H,38,45)(H,39,48)(H,40,50)(H,41,49)/t19-,22-,23-,24-,25+,29-,30?/m0/s1. The first kappa shape index (κ1) is 40.7. The molecule has 7 atom stereocenters. The van der Waals surface area contributed by atoms with E-state index in [-0.39, 0.29) is 31.4 Å². The minimum atomic E-state index is -1.40. The average molecular weight is 717 g/mol. The number of fused-ring (bicyclic) bond motifs is 13. The number of β-amino-alcohol motifs (C(OH)–C–C–N with tert-alkyl or cyclic N) is 1. The number of carbonyl (C=O) groups excluding carboxylic acids is 7. The van der Waals surface area contributed by atoms with E-state index < -0.39 is 90.6 Å². The summed E-state index contributed by atoms with van der Waals surface area (Å²) in [6.45, 7) is 6.76. The second kappa shape index (κ2) is 19.0. The number of nitrogens with two attached hydrogens (primary N) is 2. The van der Waals surface area contributed by atoms with Gasteiger partial charge in [-0.2, -0.15) is 0 Å². The van der Waals surface area contributed by atoms with Crippen LogP contribution < -0.4 is 42.8 Å². The molecule has 1 fully saturated rings. The van der Waals surface area contributed by atoms with Crippen molar-refractivity contribution in [3.05, 3.63) is 29.8 Å². The van der Waals surface area contributed by atoms with Gasteiger partial charge in [0.1, 0.15) is 23.9 Å². The number of nitrogens with zero attached hydrogens (tertiary/aromatic N) is 1. The Balaban J connectivity index is 1.82. The third-order valence-corrected chi connectivity index (χ3v) is 9.20. The molecule has 2 bridgehead atoms. The molecule has 7 amide bonds. The predicted octanol–water partition coefficient (Wildman–Crippen LogP) is -2.43. The van der Waals surface area contributed by atoms with Crippen LogP contribution in [0.4, 0.5) is 0 Å². The highest BCUT2D eigenvalue weighted by Crippen LogP contribution is 2.21. The van der Waals surface area contributed by atoms with Gasteiger partial charge in [-0.25, -0.2) is 0 Å². The van der Waals surface area contributed by atoms with E-state index in [4.69, 9.17) is 16.2 Å². The summed E-state index contributed by atoms with van der Waals surface area (Å²) < 4.78 is 5.48. The van der Waals surface area contributed by atoms with E-state index in [1.54, 1.807) is 43.0 Å². The Morgan fingerprint density at radius 2 is 1.69 bits per heavy atom. The Morgan fingerprint density at radius 3 is 2.29 bits per heavy atom. The number of rotatable bonds is 13. The molecule has 17 nitrogen and oxygen atoms in total. The molecule has 0 aliphatic carbocycles. The molecule has 3 aliphatic rings. The summed E-state index contributed by atoms with van der Waals surface area (Å²) in [6, 6.07) is 1.76. The van der Waals surface area contributed by atoms with Crippen LogP contribution in [0, 0.1) is 11.8 Å². The molecule has 1 aromatic rings. The average Bonchev–Trinajstić information content (AvgIpc) is 3.54. The van der Waals surface area contributed by atoms with Crippen molar-refractivity contribution in [3.8, 4) is 5.75 Å². The van der Waals surface area contributed by atoms with Crippen LogP contribution in [0.15, 0.2) is 24.3 Å². The van der Waals surface area contributed by atoms with Gasteiger partial charge in [-0.05, 0) is 55.3 Å². The van der Waals surface area contributed by atoms with Gasteiger partial charge in [-0.1, -0.05) is 46.2 Å². The summed E-state index contributed by atoms with van der Waals surface area (Å²) in [6.07, 6.45) is -0.0211. The number of likely N-dealkylation sites (tertiary alicyclic amines) is 1. The Morgan fingerprint density at radius 1 is 1.00 bits per heavy atom. The molecule has 282 valence electrons. The zero-order chi connectivity index (χ0) is 37.8. The van der Waals surface area contributed by atoms with Gasteiger partial charge in [0.15, 0.2) is 6.61 Å². The number of aliphatic hydroxyl groups excluding tert-OH is 1. The number of ether oxygens (including phenoxy) is 1. The smallest absolute Gasteiger partial charge is 0.258 e. The number of carbonyl (C=O) groups is 7. The maximum atomic E-state index is 13.7. The van der Waals surface area contributed by atoms with Crippen molar-refractivity contribution in [2.24, 2.45) is 23.3 Å². The number of aliphatic hydroxyl groups is 1. The van der Waals surface area contributed by atoms with E-state index in [0.717, 1.165) is 0 Å². The maximum Gasteiger partial charge on any atom is 0.258 e. The largest absolute Gasteiger partial charge is 0.484 e. The monoisotopic (exact) mass is 716 g/mol. The molecule has 1 unspecified atom stereocenters. The molecule has 10 N–H and O–H groups in total. The number of primary amides is 2. The van der Waals surface area contributed by atoms with Gasteiger partial charge in [-0.3, -0.25) is 38.5 Å². The van der Waals surface area contributed by atoms with E-state index in [1.165, 1.54) is 0 Å². The van der Waals surface area contributed by atoms with Crippen LogP contribution in [0.2, 0.25) is 0 Å². The minimum absolute atomic E-state index is 0.0413. The molecule has 0 aromatic heterocycles. The van der Waals surface area contributed by atoms with Crippen molar-refractivity contribution >= 4 is 41.4 Å². The summed E-state index contributed by atoms with van der Waals surface area (Å²) >= 11 is 0. The van der Waals surface area contributed by atoms with E-state index in [9.17, 15) is 38.7 Å². The first-order chi connectivity index (χ1) is 24.1. The fraction of sp³-hybridized carbons (Fsp3) is 0.618. The van der Waals surface area contributed by atoms with Crippen molar-refractivity contribution in [2.75, 3.05) is 26.2 Å². The first-order valence-corrected chi connectivity index (χ1v) is 17.3. The van der Waals surface area contributed by atoms with Crippen molar-refractivity contribution in [2.45, 2.75) is 96.1 Å². The molecule has 1 saturated heterocycles. The fourth-order valence-electron chi connectivity index (χ4n) is 6.05. The Kier molecular flexibility index (Phi) is 15.2. The Labute approximate surface area is 297 Å². The normalized spacial score (nSPS) is 22.8. The topological polar surface area (TPSA) is 264 Å². The third-order valence-electron chi connectivity index (χ3n) is 9.20. The van der Waals surface area contributed by atoms with Crippen LogP contribution in [-0.4, -0.2) is 114 Å². The van der Waals surface area contributed by atoms with E-state index in [0.29, 0.717) is 37.1 Å². The van der Waals surface area contributed by atoms with Gasteiger partial charge in [-0.15, -0.1) is 0 Å². The molecule has 3 heterocycles. The van der Waals surface area contributed by atoms with Crippen LogP contribution in [0.25, 0.3) is 0 Å². The van der Waals surface area contributed by atoms with E-state index in [1.807, 2.05) is 13.8 Å². The van der Waals surface area contributed by atoms with Gasteiger partial charge in [0.05, 0.1) is 31.2 Å². The van der Waals surface area contributed by atoms with E-state index in [2.05, 4.69) is 26.6 Å². The third kappa shape index (κ3) is 12.2. The number of hydrogen-bond acceptors (Lipinski definition) is 10. The van der Waals surface area contributed by atoms with Gasteiger partial charge in [0.25, 0.3) is 5.91 Å². The molecule has 3 aliphatic heterocycles. The highest BCUT2D eigenvalue weighted by Gasteiger charge is 2.38. The van der Waals surface area contributed by atoms with Crippen LogP contribution in [-0.2, 0) is 40.0 Å². The number of amides is 7. The quantitative estimate of drug-likeness (QED) is 0.100. The lowest BCUT2D eigenvalue weighted by Gasteiger charge is -2.33. The van der Waals surface area contributed by atoms with Crippen molar-refractivity contribution < 1.29 is 43.4 Å². The zero-order valence-electron chi connectivity index (χ0n) is 29.6. The van der Waals surface area contributed by atoms with Gasteiger partial charge >= 0.3 is 0 Å². The molecule has 1 aromatic carbocycles. The molecule has 0 spiro atoms. The minimum Gasteiger partial charge on any atom is -0.484 e. The zero-order valence-corrected chi connectivity index (χ0v) is 29.6. The maximum absolute atomic E-state index is 13.7. The molecular formula is C34H52N8O9. The highest BCUT2D eigenvalue weighted by atomic mass is 16.5. The van der Waals surface area contributed by atoms with Gasteiger partial charge < -0.3 is 47.9 Å². The van der Waals surface area contributed by atoms with Crippen LogP contribution in [0.5, 0.6) is 5.75 Å². The Bertz CT molecular complexity index is 1420. The van der Waals surface area contributed by atoms with Crippen LogP contribution in [0.1, 0.15) is 58.9 Å². The summed E-state index contributed by atoms with van der Waals surface area (Å²) in [4.78, 5) is 90.7.